The van der Waals surface area contributed by atoms with Crippen LogP contribution in [0, 0.1) is 0 Å². The Balaban J connectivity index is 2.00. The van der Waals surface area contributed by atoms with E-state index in [1.54, 1.807) is 23.9 Å². The maximum atomic E-state index is 11.2. The van der Waals surface area contributed by atoms with E-state index >= 15 is 0 Å². The number of benzene rings is 2. The summed E-state index contributed by atoms with van der Waals surface area (Å²) >= 11 is 1.67. The van der Waals surface area contributed by atoms with E-state index in [9.17, 15) is 4.79 Å². The van der Waals surface area contributed by atoms with Crippen molar-refractivity contribution in [1.82, 2.24) is 4.98 Å². The number of hydrogen-bond donors (Lipinski definition) is 3. The molecule has 0 aliphatic carbocycles. The number of anilines is 3. The summed E-state index contributed by atoms with van der Waals surface area (Å²) in [5.74, 6) is -0.485. The average molecular weight is 287 g/mol. The number of nitrogens with two attached hydrogens (primary N) is 1. The minimum Gasteiger partial charge on any atom is -0.408 e. The Morgan fingerprint density at radius 3 is 2.95 bits per heavy atom. The van der Waals surface area contributed by atoms with Crippen molar-refractivity contribution in [2.24, 2.45) is 0 Å². The minimum atomic E-state index is -0.485. The summed E-state index contributed by atoms with van der Waals surface area (Å²) in [6.07, 6.45) is 2.02. The van der Waals surface area contributed by atoms with Crippen LogP contribution in [-0.2, 0) is 0 Å². The maximum Gasteiger partial charge on any atom is 0.417 e. The zero-order valence-electron chi connectivity index (χ0n) is 10.8. The van der Waals surface area contributed by atoms with Gasteiger partial charge >= 0.3 is 5.76 Å². The Labute approximate surface area is 119 Å². The van der Waals surface area contributed by atoms with Crippen molar-refractivity contribution in [2.45, 2.75) is 4.90 Å². The fraction of sp³-hybridized carbons (Fsp3) is 0.0714. The molecule has 0 amide bonds. The van der Waals surface area contributed by atoms with Gasteiger partial charge in [0.25, 0.3) is 0 Å². The second kappa shape index (κ2) is 4.97. The lowest BCUT2D eigenvalue weighted by molar-refractivity contribution is 0.555. The van der Waals surface area contributed by atoms with E-state index in [-0.39, 0.29) is 0 Å². The zero-order valence-corrected chi connectivity index (χ0v) is 11.6. The molecular weight excluding hydrogens is 274 g/mol. The van der Waals surface area contributed by atoms with Crippen LogP contribution < -0.4 is 16.8 Å². The molecule has 20 heavy (non-hydrogen) atoms. The smallest absolute Gasteiger partial charge is 0.408 e. The van der Waals surface area contributed by atoms with Crippen molar-refractivity contribution in [3.63, 3.8) is 0 Å². The van der Waals surface area contributed by atoms with Crippen LogP contribution in [0.1, 0.15) is 0 Å². The van der Waals surface area contributed by atoms with Crippen LogP contribution in [0.4, 0.5) is 17.1 Å². The van der Waals surface area contributed by atoms with Gasteiger partial charge in [-0.25, -0.2) is 4.79 Å². The predicted molar refractivity (Wildman–Crippen MR) is 82.8 cm³/mol. The molecule has 1 heterocycles. The van der Waals surface area contributed by atoms with Crippen LogP contribution in [0.15, 0.2) is 50.5 Å². The average Bonchev–Trinajstić information content (AvgIpc) is 2.78. The van der Waals surface area contributed by atoms with Gasteiger partial charge in [-0.15, -0.1) is 11.8 Å². The SMILES string of the molecule is CSc1cccc(Nc2cc3[nH]c(=O)oc3cc2N)c1. The van der Waals surface area contributed by atoms with Gasteiger partial charge in [0.05, 0.1) is 16.9 Å². The summed E-state index contributed by atoms with van der Waals surface area (Å²) in [5, 5.41) is 3.25. The van der Waals surface area contributed by atoms with Gasteiger partial charge in [-0.3, -0.25) is 4.98 Å². The molecule has 3 rings (SSSR count). The summed E-state index contributed by atoms with van der Waals surface area (Å²) in [6, 6.07) is 11.4. The first-order valence-electron chi connectivity index (χ1n) is 5.99. The van der Waals surface area contributed by atoms with Crippen molar-refractivity contribution in [1.29, 1.82) is 0 Å². The lowest BCUT2D eigenvalue weighted by atomic mass is 10.2. The molecule has 0 atom stereocenters. The van der Waals surface area contributed by atoms with E-state index in [1.165, 1.54) is 0 Å². The van der Waals surface area contributed by atoms with Crippen LogP contribution >= 0.6 is 11.8 Å². The Kier molecular flexibility index (Phi) is 3.15. The fourth-order valence-corrected chi connectivity index (χ4v) is 2.44. The first-order valence-corrected chi connectivity index (χ1v) is 7.21. The molecule has 2 aromatic carbocycles. The summed E-state index contributed by atoms with van der Waals surface area (Å²) in [4.78, 5) is 14.9. The zero-order chi connectivity index (χ0) is 14.1. The second-order valence-electron chi connectivity index (χ2n) is 4.31. The maximum absolute atomic E-state index is 11.2. The summed E-state index contributed by atoms with van der Waals surface area (Å²) in [5.41, 5.74) is 9.23. The highest BCUT2D eigenvalue weighted by Gasteiger charge is 2.07. The standard InChI is InChI=1S/C14H13N3O2S/c1-20-9-4-2-3-8(5-9)16-11-7-12-13(6-10(11)15)19-14(18)17-12/h2-7,16H,15H2,1H3,(H,17,18). The van der Waals surface area contributed by atoms with Gasteiger partial charge in [0.2, 0.25) is 0 Å². The van der Waals surface area contributed by atoms with E-state index < -0.39 is 5.76 Å². The van der Waals surface area contributed by atoms with Gasteiger partial charge in [-0.1, -0.05) is 6.07 Å². The molecule has 3 aromatic rings. The molecule has 0 aliphatic rings. The first-order chi connectivity index (χ1) is 9.65. The minimum absolute atomic E-state index is 0.455. The van der Waals surface area contributed by atoms with Crippen LogP contribution in [0.5, 0.6) is 0 Å². The van der Waals surface area contributed by atoms with Crippen LogP contribution in [0.2, 0.25) is 0 Å². The van der Waals surface area contributed by atoms with Crippen molar-refractivity contribution in [2.75, 3.05) is 17.3 Å². The third-order valence-corrected chi connectivity index (χ3v) is 3.67. The van der Waals surface area contributed by atoms with Crippen molar-refractivity contribution < 1.29 is 4.42 Å². The number of aromatic nitrogens is 1. The van der Waals surface area contributed by atoms with Gasteiger partial charge in [0.1, 0.15) is 0 Å². The van der Waals surface area contributed by atoms with E-state index in [0.717, 1.165) is 16.3 Å². The Morgan fingerprint density at radius 1 is 1.30 bits per heavy atom. The van der Waals surface area contributed by atoms with E-state index in [0.29, 0.717) is 16.8 Å². The quantitative estimate of drug-likeness (QED) is 0.509. The van der Waals surface area contributed by atoms with Crippen molar-refractivity contribution in [3.05, 3.63) is 46.9 Å². The molecule has 6 heteroatoms. The Morgan fingerprint density at radius 2 is 2.15 bits per heavy atom. The third kappa shape index (κ3) is 2.37. The number of rotatable bonds is 3. The number of fused-ring (bicyclic) bond motifs is 1. The molecule has 0 spiro atoms. The third-order valence-electron chi connectivity index (χ3n) is 2.94. The number of H-pyrrole nitrogens is 1. The van der Waals surface area contributed by atoms with Gasteiger partial charge in [-0.05, 0) is 30.5 Å². The normalized spacial score (nSPS) is 10.8. The molecule has 0 unspecified atom stereocenters. The molecule has 0 radical (unpaired) electrons. The Bertz CT molecular complexity index is 823. The monoisotopic (exact) mass is 287 g/mol. The molecule has 4 N–H and O–H groups in total. The van der Waals surface area contributed by atoms with E-state index in [2.05, 4.69) is 10.3 Å². The molecule has 0 fully saturated rings. The molecule has 0 saturated heterocycles. The summed E-state index contributed by atoms with van der Waals surface area (Å²) in [7, 11) is 0. The lowest BCUT2D eigenvalue weighted by Crippen LogP contribution is -1.96. The molecule has 0 saturated carbocycles. The Hall–Kier alpha value is -2.34. The second-order valence-corrected chi connectivity index (χ2v) is 5.19. The van der Waals surface area contributed by atoms with Gasteiger partial charge in [0, 0.05) is 16.6 Å². The van der Waals surface area contributed by atoms with Crippen molar-refractivity contribution in [3.8, 4) is 0 Å². The molecule has 0 bridgehead atoms. The number of nitrogens with one attached hydrogen (secondary N) is 2. The number of thioether (sulfide) groups is 1. The number of aromatic amines is 1. The molecule has 1 aromatic heterocycles. The highest BCUT2D eigenvalue weighted by atomic mass is 32.2. The topological polar surface area (TPSA) is 84.0 Å². The first kappa shape index (κ1) is 12.7. The van der Waals surface area contributed by atoms with Crippen LogP contribution in [0.25, 0.3) is 11.1 Å². The van der Waals surface area contributed by atoms with Crippen LogP contribution in [0.3, 0.4) is 0 Å². The van der Waals surface area contributed by atoms with E-state index in [1.807, 2.05) is 30.5 Å². The molecule has 0 aliphatic heterocycles. The van der Waals surface area contributed by atoms with Gasteiger partial charge in [0.15, 0.2) is 5.58 Å². The van der Waals surface area contributed by atoms with Crippen LogP contribution in [-0.4, -0.2) is 11.2 Å². The molecule has 102 valence electrons. The van der Waals surface area contributed by atoms with Crippen molar-refractivity contribution >= 4 is 39.9 Å². The molecule has 5 nitrogen and oxygen atoms in total. The summed E-state index contributed by atoms with van der Waals surface area (Å²) in [6.45, 7) is 0. The predicted octanol–water partition coefficient (Wildman–Crippen LogP) is 3.17. The number of hydrogen-bond acceptors (Lipinski definition) is 5. The highest BCUT2D eigenvalue weighted by Crippen LogP contribution is 2.28. The van der Waals surface area contributed by atoms with E-state index in [4.69, 9.17) is 10.2 Å². The number of oxazole rings is 1. The summed E-state index contributed by atoms with van der Waals surface area (Å²) < 4.78 is 4.97. The molecular formula is C14H13N3O2S. The largest absolute Gasteiger partial charge is 0.417 e. The fourth-order valence-electron chi connectivity index (χ4n) is 1.98. The number of nitrogen functional groups attached to an aromatic ring is 1. The van der Waals surface area contributed by atoms with Gasteiger partial charge < -0.3 is 15.5 Å². The lowest BCUT2D eigenvalue weighted by Gasteiger charge is -2.10. The highest BCUT2D eigenvalue weighted by molar-refractivity contribution is 7.98. The van der Waals surface area contributed by atoms with Gasteiger partial charge in [-0.2, -0.15) is 0 Å².